The molecule has 2 nitrogen and oxygen atoms in total. The van der Waals surface area contributed by atoms with Crippen molar-refractivity contribution in [1.29, 1.82) is 0 Å². The molecule has 0 bridgehead atoms. The second kappa shape index (κ2) is 8.22. The van der Waals surface area contributed by atoms with E-state index < -0.39 is 0 Å². The average molecular weight is 252 g/mol. The number of hydrogen-bond acceptors (Lipinski definition) is 2. The maximum Gasteiger partial charge on any atom is 0.126 e. The maximum absolute atomic E-state index is 13.4. The van der Waals surface area contributed by atoms with Crippen LogP contribution in [-0.4, -0.2) is 38.1 Å². The molecule has 18 heavy (non-hydrogen) atoms. The number of nitrogens with zero attached hydrogens (tertiary/aromatic N) is 1. The van der Waals surface area contributed by atoms with Crippen LogP contribution in [0.1, 0.15) is 25.3 Å². The Balaban J connectivity index is 2.15. The van der Waals surface area contributed by atoms with Crippen molar-refractivity contribution in [1.82, 2.24) is 10.2 Å². The molecule has 0 aliphatic heterocycles. The first-order valence-electron chi connectivity index (χ1n) is 6.71. The number of rotatable bonds is 8. The lowest BCUT2D eigenvalue weighted by atomic mass is 10.1. The van der Waals surface area contributed by atoms with Crippen LogP contribution >= 0.6 is 0 Å². The summed E-state index contributed by atoms with van der Waals surface area (Å²) in [6, 6.07) is 7.50. The molecular formula is C15H25FN2. The third kappa shape index (κ3) is 6.12. The number of nitrogens with one attached hydrogen (secondary N) is 1. The fourth-order valence-corrected chi connectivity index (χ4v) is 1.97. The highest BCUT2D eigenvalue weighted by atomic mass is 19.1. The van der Waals surface area contributed by atoms with Crippen molar-refractivity contribution in [3.8, 4) is 0 Å². The molecule has 3 heteroatoms. The molecule has 1 N–H and O–H groups in total. The Morgan fingerprint density at radius 2 is 2.00 bits per heavy atom. The Kier molecular flexibility index (Phi) is 6.91. The zero-order valence-electron chi connectivity index (χ0n) is 11.7. The molecule has 0 fully saturated rings. The summed E-state index contributed by atoms with van der Waals surface area (Å²) in [7, 11) is 4.19. The van der Waals surface area contributed by atoms with Crippen LogP contribution in [-0.2, 0) is 6.42 Å². The minimum atomic E-state index is -0.0976. The highest BCUT2D eigenvalue weighted by Gasteiger charge is 2.03. The van der Waals surface area contributed by atoms with Gasteiger partial charge in [-0.3, -0.25) is 0 Å². The maximum atomic E-state index is 13.4. The van der Waals surface area contributed by atoms with Crippen molar-refractivity contribution >= 4 is 0 Å². The van der Waals surface area contributed by atoms with Crippen molar-refractivity contribution in [2.45, 2.75) is 32.2 Å². The summed E-state index contributed by atoms with van der Waals surface area (Å²) < 4.78 is 13.4. The lowest BCUT2D eigenvalue weighted by molar-refractivity contribution is 0.376. The zero-order valence-corrected chi connectivity index (χ0v) is 11.7. The molecule has 0 radical (unpaired) electrons. The van der Waals surface area contributed by atoms with Crippen LogP contribution in [0.25, 0.3) is 0 Å². The second-order valence-electron chi connectivity index (χ2n) is 5.14. The molecule has 1 aromatic rings. The lowest BCUT2D eigenvalue weighted by Crippen LogP contribution is -2.29. The molecular weight excluding hydrogens is 227 g/mol. The van der Waals surface area contributed by atoms with Crippen molar-refractivity contribution in [2.24, 2.45) is 0 Å². The predicted molar refractivity (Wildman–Crippen MR) is 75.4 cm³/mol. The van der Waals surface area contributed by atoms with E-state index >= 15 is 0 Å². The Labute approximate surface area is 110 Å². The molecule has 1 aromatic carbocycles. The second-order valence-corrected chi connectivity index (χ2v) is 5.14. The van der Waals surface area contributed by atoms with E-state index in [2.05, 4.69) is 31.2 Å². The quantitative estimate of drug-likeness (QED) is 0.765. The first-order chi connectivity index (χ1) is 8.59. The van der Waals surface area contributed by atoms with Gasteiger partial charge in [-0.15, -0.1) is 0 Å². The first kappa shape index (κ1) is 15.1. The van der Waals surface area contributed by atoms with Crippen LogP contribution in [0.4, 0.5) is 4.39 Å². The first-order valence-corrected chi connectivity index (χ1v) is 6.71. The van der Waals surface area contributed by atoms with E-state index in [1.807, 2.05) is 12.1 Å². The molecule has 1 rings (SSSR count). The summed E-state index contributed by atoms with van der Waals surface area (Å²) >= 11 is 0. The van der Waals surface area contributed by atoms with Gasteiger partial charge in [0.2, 0.25) is 0 Å². The minimum Gasteiger partial charge on any atom is -0.314 e. The summed E-state index contributed by atoms with van der Waals surface area (Å²) in [6.07, 6.45) is 3.11. The van der Waals surface area contributed by atoms with Gasteiger partial charge in [0.1, 0.15) is 5.82 Å². The van der Waals surface area contributed by atoms with Crippen LogP contribution in [0, 0.1) is 5.82 Å². The van der Waals surface area contributed by atoms with E-state index in [1.165, 1.54) is 12.5 Å². The molecule has 0 aromatic heterocycles. The van der Waals surface area contributed by atoms with E-state index in [4.69, 9.17) is 0 Å². The minimum absolute atomic E-state index is 0.0976. The summed E-state index contributed by atoms with van der Waals surface area (Å²) in [4.78, 5) is 2.20. The Hall–Kier alpha value is -0.930. The van der Waals surface area contributed by atoms with E-state index in [9.17, 15) is 4.39 Å². The molecule has 0 aliphatic carbocycles. The van der Waals surface area contributed by atoms with Crippen molar-refractivity contribution in [3.05, 3.63) is 35.6 Å². The smallest absolute Gasteiger partial charge is 0.126 e. The van der Waals surface area contributed by atoms with Gasteiger partial charge in [-0.1, -0.05) is 18.2 Å². The van der Waals surface area contributed by atoms with E-state index in [0.717, 1.165) is 31.5 Å². The van der Waals surface area contributed by atoms with Gasteiger partial charge in [0.05, 0.1) is 0 Å². The van der Waals surface area contributed by atoms with Crippen molar-refractivity contribution in [2.75, 3.05) is 27.2 Å². The van der Waals surface area contributed by atoms with Crippen LogP contribution < -0.4 is 5.32 Å². The summed E-state index contributed by atoms with van der Waals surface area (Å²) in [5.74, 6) is -0.0976. The van der Waals surface area contributed by atoms with E-state index in [-0.39, 0.29) is 5.82 Å². The lowest BCUT2D eigenvalue weighted by Gasteiger charge is -2.15. The molecule has 0 saturated heterocycles. The van der Waals surface area contributed by atoms with Crippen molar-refractivity contribution in [3.63, 3.8) is 0 Å². The van der Waals surface area contributed by atoms with Gasteiger partial charge in [0.15, 0.2) is 0 Å². The third-order valence-corrected chi connectivity index (χ3v) is 3.09. The monoisotopic (exact) mass is 252 g/mol. The third-order valence-electron chi connectivity index (χ3n) is 3.09. The normalized spacial score (nSPS) is 12.9. The van der Waals surface area contributed by atoms with Gasteiger partial charge < -0.3 is 10.2 Å². The van der Waals surface area contributed by atoms with Gasteiger partial charge in [0.25, 0.3) is 0 Å². The Morgan fingerprint density at radius 3 is 2.67 bits per heavy atom. The van der Waals surface area contributed by atoms with Crippen LogP contribution in [0.3, 0.4) is 0 Å². The van der Waals surface area contributed by atoms with Crippen LogP contribution in [0.5, 0.6) is 0 Å². The summed E-state index contributed by atoms with van der Waals surface area (Å²) in [5, 5.41) is 3.45. The van der Waals surface area contributed by atoms with Gasteiger partial charge in [0, 0.05) is 6.04 Å². The van der Waals surface area contributed by atoms with Crippen LogP contribution in [0.15, 0.2) is 24.3 Å². The van der Waals surface area contributed by atoms with E-state index in [1.54, 1.807) is 6.07 Å². The molecule has 0 heterocycles. The number of halogens is 1. The fraction of sp³-hybridized carbons (Fsp3) is 0.600. The largest absolute Gasteiger partial charge is 0.314 e. The summed E-state index contributed by atoms with van der Waals surface area (Å²) in [5.41, 5.74) is 0.797. The van der Waals surface area contributed by atoms with Gasteiger partial charge in [-0.2, -0.15) is 0 Å². The average Bonchev–Trinajstić information content (AvgIpc) is 2.31. The highest BCUT2D eigenvalue weighted by molar-refractivity contribution is 5.17. The summed E-state index contributed by atoms with van der Waals surface area (Å²) in [6.45, 7) is 4.15. The van der Waals surface area contributed by atoms with E-state index in [0.29, 0.717) is 6.04 Å². The van der Waals surface area contributed by atoms with Gasteiger partial charge in [-0.05, 0) is 65.0 Å². The molecule has 0 spiro atoms. The van der Waals surface area contributed by atoms with Gasteiger partial charge >= 0.3 is 0 Å². The SMILES string of the molecule is C[C@@H](CCCN(C)C)NCCc1ccccc1F. The molecule has 102 valence electrons. The molecule has 0 aliphatic rings. The van der Waals surface area contributed by atoms with Crippen molar-refractivity contribution < 1.29 is 4.39 Å². The molecule has 0 amide bonds. The molecule has 0 unspecified atom stereocenters. The topological polar surface area (TPSA) is 15.3 Å². The zero-order chi connectivity index (χ0) is 13.4. The number of benzene rings is 1. The van der Waals surface area contributed by atoms with Crippen LogP contribution in [0.2, 0.25) is 0 Å². The molecule has 1 atom stereocenters. The highest BCUT2D eigenvalue weighted by Crippen LogP contribution is 2.06. The molecule has 0 saturated carbocycles. The Bertz CT molecular complexity index is 339. The standard InChI is InChI=1S/C15H25FN2/c1-13(7-6-12-18(2)3)17-11-10-14-8-4-5-9-15(14)16/h4-5,8-9,13,17H,6-7,10-12H2,1-3H3/t13-/m0/s1. The number of hydrogen-bond donors (Lipinski definition) is 1. The Morgan fingerprint density at radius 1 is 1.28 bits per heavy atom. The predicted octanol–water partition coefficient (Wildman–Crippen LogP) is 2.69. The fourth-order valence-electron chi connectivity index (χ4n) is 1.97. The van der Waals surface area contributed by atoms with Gasteiger partial charge in [-0.25, -0.2) is 4.39 Å².